The lowest BCUT2D eigenvalue weighted by Crippen LogP contribution is -2.39. The molecular weight excluding hydrogens is 311 g/mol. The number of carbonyl (C=O) groups excluding carboxylic acids is 2. The van der Waals surface area contributed by atoms with Gasteiger partial charge < -0.3 is 10.2 Å². The number of hydrogen-bond acceptors (Lipinski definition) is 2. The summed E-state index contributed by atoms with van der Waals surface area (Å²) in [6.45, 7) is 1.40. The summed E-state index contributed by atoms with van der Waals surface area (Å²) in [6, 6.07) is 5.84. The quantitative estimate of drug-likeness (QED) is 0.903. The molecule has 0 aliphatic carbocycles. The van der Waals surface area contributed by atoms with Crippen LogP contribution in [0.2, 0.25) is 0 Å². The van der Waals surface area contributed by atoms with Crippen LogP contribution in [0.3, 0.4) is 0 Å². The summed E-state index contributed by atoms with van der Waals surface area (Å²) in [5, 5.41) is 2.63. The Bertz CT molecular complexity index is 590. The van der Waals surface area contributed by atoms with Gasteiger partial charge in [0, 0.05) is 30.9 Å². The van der Waals surface area contributed by atoms with E-state index < -0.39 is 18.6 Å². The average Bonchev–Trinajstić information content (AvgIpc) is 2.91. The third kappa shape index (κ3) is 4.37. The fourth-order valence-corrected chi connectivity index (χ4v) is 2.45. The van der Waals surface area contributed by atoms with Gasteiger partial charge in [-0.05, 0) is 24.6 Å². The minimum atomic E-state index is -4.45. The molecule has 23 heavy (non-hydrogen) atoms. The van der Waals surface area contributed by atoms with Crippen LogP contribution in [-0.2, 0) is 0 Å². The lowest BCUT2D eigenvalue weighted by atomic mass is 10.1. The summed E-state index contributed by atoms with van der Waals surface area (Å²) in [7, 11) is 0. The van der Waals surface area contributed by atoms with Gasteiger partial charge in [0.2, 0.25) is 0 Å². The first-order chi connectivity index (χ1) is 10.8. The molecule has 1 fully saturated rings. The van der Waals surface area contributed by atoms with Crippen molar-refractivity contribution in [3.63, 3.8) is 0 Å². The van der Waals surface area contributed by atoms with Crippen LogP contribution in [0.15, 0.2) is 24.3 Å². The molecule has 3 amide bonds. The summed E-state index contributed by atoms with van der Waals surface area (Å²) in [4.78, 5) is 26.2. The minimum absolute atomic E-state index is 0.0206. The van der Waals surface area contributed by atoms with E-state index in [1.54, 1.807) is 19.1 Å². The van der Waals surface area contributed by atoms with E-state index >= 15 is 0 Å². The molecular formula is C15H18F3N3O2. The smallest absolute Gasteiger partial charge is 0.336 e. The van der Waals surface area contributed by atoms with Gasteiger partial charge in [0.15, 0.2) is 0 Å². The highest BCUT2D eigenvalue weighted by atomic mass is 19.4. The fourth-order valence-electron chi connectivity index (χ4n) is 2.45. The van der Waals surface area contributed by atoms with Gasteiger partial charge in [-0.25, -0.2) is 4.79 Å². The van der Waals surface area contributed by atoms with Crippen LogP contribution in [0.4, 0.5) is 23.7 Å². The van der Waals surface area contributed by atoms with Crippen LogP contribution >= 0.6 is 0 Å². The molecule has 1 aliphatic rings. The SMILES string of the molecule is CCCN(CC(F)(F)F)C(=O)c1cccc(N2CCNC2=O)c1. The van der Waals surface area contributed by atoms with Crippen LogP contribution in [0.25, 0.3) is 0 Å². The topological polar surface area (TPSA) is 52.7 Å². The monoisotopic (exact) mass is 329 g/mol. The Morgan fingerprint density at radius 2 is 2.13 bits per heavy atom. The highest BCUT2D eigenvalue weighted by Crippen LogP contribution is 2.22. The highest BCUT2D eigenvalue weighted by Gasteiger charge is 2.33. The number of nitrogens with one attached hydrogen (secondary N) is 1. The molecule has 1 aromatic carbocycles. The van der Waals surface area contributed by atoms with E-state index in [1.807, 2.05) is 0 Å². The van der Waals surface area contributed by atoms with Crippen molar-refractivity contribution in [1.29, 1.82) is 0 Å². The molecule has 1 heterocycles. The summed E-state index contributed by atoms with van der Waals surface area (Å²) in [5.74, 6) is -0.689. The van der Waals surface area contributed by atoms with Crippen molar-refractivity contribution in [2.45, 2.75) is 19.5 Å². The largest absolute Gasteiger partial charge is 0.406 e. The van der Waals surface area contributed by atoms with E-state index in [4.69, 9.17) is 0 Å². The number of amides is 3. The van der Waals surface area contributed by atoms with Crippen LogP contribution < -0.4 is 10.2 Å². The highest BCUT2D eigenvalue weighted by molar-refractivity contribution is 5.98. The third-order valence-electron chi connectivity index (χ3n) is 3.41. The minimum Gasteiger partial charge on any atom is -0.336 e. The Morgan fingerprint density at radius 1 is 1.39 bits per heavy atom. The lowest BCUT2D eigenvalue weighted by Gasteiger charge is -2.24. The summed E-state index contributed by atoms with van der Waals surface area (Å²) in [6.07, 6.45) is -4.02. The van der Waals surface area contributed by atoms with Crippen molar-refractivity contribution in [2.24, 2.45) is 0 Å². The Morgan fingerprint density at radius 3 is 2.70 bits per heavy atom. The molecule has 8 heteroatoms. The Hall–Kier alpha value is -2.25. The number of urea groups is 1. The summed E-state index contributed by atoms with van der Waals surface area (Å²) < 4.78 is 37.9. The summed E-state index contributed by atoms with van der Waals surface area (Å²) in [5.41, 5.74) is 0.634. The van der Waals surface area contributed by atoms with Crippen molar-refractivity contribution in [1.82, 2.24) is 10.2 Å². The van der Waals surface area contributed by atoms with Gasteiger partial charge in [0.05, 0.1) is 0 Å². The molecule has 2 rings (SSSR count). The van der Waals surface area contributed by atoms with Crippen LogP contribution in [-0.4, -0.2) is 49.2 Å². The van der Waals surface area contributed by atoms with Crippen molar-refractivity contribution < 1.29 is 22.8 Å². The number of anilines is 1. The maximum absolute atomic E-state index is 12.6. The molecule has 0 spiro atoms. The van der Waals surface area contributed by atoms with E-state index in [2.05, 4.69) is 5.32 Å². The second-order valence-electron chi connectivity index (χ2n) is 5.28. The van der Waals surface area contributed by atoms with Gasteiger partial charge in [-0.3, -0.25) is 9.69 Å². The molecule has 0 atom stereocenters. The van der Waals surface area contributed by atoms with Gasteiger partial charge in [0.25, 0.3) is 5.91 Å². The molecule has 0 bridgehead atoms. The second kappa shape index (κ2) is 6.89. The zero-order valence-electron chi connectivity index (χ0n) is 12.7. The first-order valence-corrected chi connectivity index (χ1v) is 7.33. The van der Waals surface area contributed by atoms with Gasteiger partial charge in [-0.15, -0.1) is 0 Å². The fraction of sp³-hybridized carbons (Fsp3) is 0.467. The molecule has 126 valence electrons. The van der Waals surface area contributed by atoms with Crippen molar-refractivity contribution in [3.05, 3.63) is 29.8 Å². The normalized spacial score (nSPS) is 14.8. The van der Waals surface area contributed by atoms with Crippen molar-refractivity contribution in [2.75, 3.05) is 31.1 Å². The van der Waals surface area contributed by atoms with E-state index in [9.17, 15) is 22.8 Å². The third-order valence-corrected chi connectivity index (χ3v) is 3.41. The molecule has 1 saturated heterocycles. The second-order valence-corrected chi connectivity index (χ2v) is 5.28. The lowest BCUT2D eigenvalue weighted by molar-refractivity contribution is -0.140. The summed E-state index contributed by atoms with van der Waals surface area (Å²) >= 11 is 0. The molecule has 1 aliphatic heterocycles. The van der Waals surface area contributed by atoms with Gasteiger partial charge in [-0.1, -0.05) is 13.0 Å². The predicted molar refractivity (Wildman–Crippen MR) is 79.4 cm³/mol. The zero-order chi connectivity index (χ0) is 17.0. The molecule has 0 aromatic heterocycles. The number of benzene rings is 1. The number of alkyl halides is 3. The number of hydrogen-bond donors (Lipinski definition) is 1. The molecule has 0 radical (unpaired) electrons. The number of rotatable bonds is 5. The number of nitrogens with zero attached hydrogens (tertiary/aromatic N) is 2. The first kappa shape index (κ1) is 17.1. The Labute approximate surface area is 132 Å². The van der Waals surface area contributed by atoms with Crippen molar-refractivity contribution in [3.8, 4) is 0 Å². The predicted octanol–water partition coefficient (Wildman–Crippen LogP) is 2.63. The van der Waals surface area contributed by atoms with Crippen LogP contribution in [0, 0.1) is 0 Å². The molecule has 0 saturated carbocycles. The van der Waals surface area contributed by atoms with Crippen LogP contribution in [0.1, 0.15) is 23.7 Å². The van der Waals surface area contributed by atoms with Gasteiger partial charge >= 0.3 is 12.2 Å². The Kier molecular flexibility index (Phi) is 5.12. The van der Waals surface area contributed by atoms with Gasteiger partial charge in [0.1, 0.15) is 6.54 Å². The molecule has 5 nitrogen and oxygen atoms in total. The number of halogens is 3. The van der Waals surface area contributed by atoms with Crippen LogP contribution in [0.5, 0.6) is 0 Å². The van der Waals surface area contributed by atoms with E-state index in [-0.39, 0.29) is 18.1 Å². The first-order valence-electron chi connectivity index (χ1n) is 7.33. The van der Waals surface area contributed by atoms with E-state index in [0.29, 0.717) is 25.2 Å². The maximum Gasteiger partial charge on any atom is 0.406 e. The average molecular weight is 329 g/mol. The van der Waals surface area contributed by atoms with E-state index in [1.165, 1.54) is 17.0 Å². The maximum atomic E-state index is 12.6. The van der Waals surface area contributed by atoms with E-state index in [0.717, 1.165) is 4.90 Å². The molecule has 1 N–H and O–H groups in total. The molecule has 0 unspecified atom stereocenters. The Balaban J connectivity index is 2.21. The van der Waals surface area contributed by atoms with Gasteiger partial charge in [-0.2, -0.15) is 13.2 Å². The number of carbonyl (C=O) groups is 2. The standard InChI is InChI=1S/C15H18F3N3O2/c1-2-7-20(10-15(16,17)18)13(22)11-4-3-5-12(9-11)21-8-6-19-14(21)23/h3-5,9H,2,6-8,10H2,1H3,(H,19,23). The van der Waals surface area contributed by atoms with Crippen molar-refractivity contribution >= 4 is 17.6 Å². The molecule has 1 aromatic rings. The zero-order valence-corrected chi connectivity index (χ0v) is 12.7.